The van der Waals surface area contributed by atoms with Crippen molar-refractivity contribution in [3.8, 4) is 0 Å². The average molecular weight is 456 g/mol. The van der Waals surface area contributed by atoms with Gasteiger partial charge in [0.15, 0.2) is 0 Å². The topological polar surface area (TPSA) is 272 Å². The molecule has 0 spiro atoms. The zero-order valence-corrected chi connectivity index (χ0v) is 18.5. The van der Waals surface area contributed by atoms with E-state index in [1.54, 1.807) is 0 Å². The Bertz CT molecular complexity index is 982. The Morgan fingerprint density at radius 2 is 0.667 bits per heavy atom. The molecule has 12 N–H and O–H groups in total. The van der Waals surface area contributed by atoms with Crippen LogP contribution in [0.25, 0.3) is 0 Å². The molecule has 33 heavy (non-hydrogen) atoms. The van der Waals surface area contributed by atoms with Gasteiger partial charge in [-0.05, 0) is 25.7 Å². The summed E-state index contributed by atoms with van der Waals surface area (Å²) >= 11 is 0. The van der Waals surface area contributed by atoms with Gasteiger partial charge in [0.1, 0.15) is 17.5 Å². The van der Waals surface area contributed by atoms with Crippen LogP contribution in [0.3, 0.4) is 0 Å². The van der Waals surface area contributed by atoms with Crippen molar-refractivity contribution in [2.75, 3.05) is 34.4 Å². The lowest BCUT2D eigenvalue weighted by molar-refractivity contribution is 0.419. The summed E-state index contributed by atoms with van der Waals surface area (Å²) in [7, 11) is 0. The highest BCUT2D eigenvalue weighted by Crippen LogP contribution is 2.37. The Morgan fingerprint density at radius 3 is 0.909 bits per heavy atom. The third-order valence-electron chi connectivity index (χ3n) is 5.28. The molecule has 3 aromatic heterocycles. The lowest BCUT2D eigenvalue weighted by Gasteiger charge is -2.24. The first kappa shape index (κ1) is 23.5. The number of nitrogens with zero attached hydrogens (tertiary/aromatic N) is 9. The van der Waals surface area contributed by atoms with Gasteiger partial charge in [0, 0.05) is 17.8 Å². The maximum Gasteiger partial charge on any atom is 0.225 e. The first-order valence-corrected chi connectivity index (χ1v) is 10.5. The molecule has 15 heteroatoms. The summed E-state index contributed by atoms with van der Waals surface area (Å²) in [6.07, 6.45) is 2.51. The smallest absolute Gasteiger partial charge is 0.225 e. The highest BCUT2D eigenvalue weighted by molar-refractivity contribution is 5.30. The minimum Gasteiger partial charge on any atom is -0.368 e. The van der Waals surface area contributed by atoms with Gasteiger partial charge in [-0.2, -0.15) is 44.9 Å². The SMILES string of the molecule is CCC(CC(CC(CC)c1nc(N)nc(N)n1)c1nc(N)nc(N)n1)c1nc(N)nc(N)n1. The standard InChI is InChI=1S/C18H29N15/c1-3-7(10-25-13(19)31-14(20)26-10)5-9(12-29-17(23)33-18(24)30-12)6-8(4-2)11-27-15(21)32-16(22)28-11/h7-9H,3-6H2,1-2H3,(H4,19,20,25,26,31)(H4,21,22,27,28,32)(H4,23,24,29,30,33). The van der Waals surface area contributed by atoms with Gasteiger partial charge in [0.2, 0.25) is 35.7 Å². The summed E-state index contributed by atoms with van der Waals surface area (Å²) in [5.41, 5.74) is 34.8. The van der Waals surface area contributed by atoms with Gasteiger partial charge in [0.25, 0.3) is 0 Å². The maximum atomic E-state index is 5.85. The van der Waals surface area contributed by atoms with Crippen molar-refractivity contribution in [2.24, 2.45) is 0 Å². The fourth-order valence-corrected chi connectivity index (χ4v) is 3.73. The van der Waals surface area contributed by atoms with Crippen molar-refractivity contribution in [1.82, 2.24) is 44.9 Å². The van der Waals surface area contributed by atoms with Crippen LogP contribution < -0.4 is 34.4 Å². The van der Waals surface area contributed by atoms with Crippen LogP contribution in [0.1, 0.15) is 74.8 Å². The summed E-state index contributed by atoms with van der Waals surface area (Å²) < 4.78 is 0. The summed E-state index contributed by atoms with van der Waals surface area (Å²) in [5.74, 6) is 1.26. The van der Waals surface area contributed by atoms with Crippen LogP contribution in [0.4, 0.5) is 35.7 Å². The normalized spacial score (nSPS) is 14.0. The summed E-state index contributed by atoms with van der Waals surface area (Å²) in [6.45, 7) is 4.03. The first-order valence-electron chi connectivity index (χ1n) is 10.5. The van der Waals surface area contributed by atoms with Crippen molar-refractivity contribution < 1.29 is 0 Å². The molecule has 2 atom stereocenters. The third-order valence-corrected chi connectivity index (χ3v) is 5.28. The molecule has 0 aromatic carbocycles. The van der Waals surface area contributed by atoms with Crippen molar-refractivity contribution in [1.29, 1.82) is 0 Å². The number of hydrogen-bond donors (Lipinski definition) is 6. The fraction of sp³-hybridized carbons (Fsp3) is 0.500. The van der Waals surface area contributed by atoms with E-state index in [4.69, 9.17) is 34.4 Å². The highest BCUT2D eigenvalue weighted by atomic mass is 15.2. The lowest BCUT2D eigenvalue weighted by atomic mass is 9.83. The third kappa shape index (κ3) is 5.96. The predicted octanol–water partition coefficient (Wildman–Crippen LogP) is -0.0138. The van der Waals surface area contributed by atoms with Crippen LogP contribution >= 0.6 is 0 Å². The zero-order valence-electron chi connectivity index (χ0n) is 18.5. The predicted molar refractivity (Wildman–Crippen MR) is 124 cm³/mol. The van der Waals surface area contributed by atoms with Crippen molar-refractivity contribution in [3.05, 3.63) is 17.5 Å². The van der Waals surface area contributed by atoms with E-state index >= 15 is 0 Å². The zero-order chi connectivity index (χ0) is 24.1. The number of anilines is 6. The molecule has 0 radical (unpaired) electrons. The van der Waals surface area contributed by atoms with Crippen molar-refractivity contribution in [3.63, 3.8) is 0 Å². The van der Waals surface area contributed by atoms with Crippen LogP contribution in [0, 0.1) is 0 Å². The quantitative estimate of drug-likeness (QED) is 0.247. The molecule has 15 nitrogen and oxygen atoms in total. The fourth-order valence-electron chi connectivity index (χ4n) is 3.73. The van der Waals surface area contributed by atoms with E-state index in [-0.39, 0.29) is 53.4 Å². The van der Waals surface area contributed by atoms with E-state index in [0.717, 1.165) is 0 Å². The van der Waals surface area contributed by atoms with Gasteiger partial charge in [-0.3, -0.25) is 0 Å². The number of hydrogen-bond acceptors (Lipinski definition) is 15. The monoisotopic (exact) mass is 455 g/mol. The molecule has 3 heterocycles. The van der Waals surface area contributed by atoms with Crippen molar-refractivity contribution in [2.45, 2.75) is 57.3 Å². The van der Waals surface area contributed by atoms with Crippen LogP contribution in [-0.4, -0.2) is 44.9 Å². The van der Waals surface area contributed by atoms with Gasteiger partial charge >= 0.3 is 0 Å². The summed E-state index contributed by atoms with van der Waals surface area (Å²) in [4.78, 5) is 37.4. The minimum atomic E-state index is -0.231. The Balaban J connectivity index is 1.99. The molecule has 0 aliphatic carbocycles. The maximum absolute atomic E-state index is 5.85. The van der Waals surface area contributed by atoms with Crippen LogP contribution in [-0.2, 0) is 0 Å². The summed E-state index contributed by atoms with van der Waals surface area (Å²) in [5, 5.41) is 0. The minimum absolute atomic E-state index is 0.0332. The Morgan fingerprint density at radius 1 is 0.424 bits per heavy atom. The molecule has 0 saturated heterocycles. The Hall–Kier alpha value is -4.17. The largest absolute Gasteiger partial charge is 0.368 e. The second kappa shape index (κ2) is 9.97. The molecule has 0 saturated carbocycles. The molecule has 0 amide bonds. The van der Waals surface area contributed by atoms with Gasteiger partial charge in [-0.1, -0.05) is 13.8 Å². The van der Waals surface area contributed by atoms with Gasteiger partial charge in [-0.15, -0.1) is 0 Å². The van der Waals surface area contributed by atoms with Crippen molar-refractivity contribution >= 4 is 35.7 Å². The molecule has 2 unspecified atom stereocenters. The number of rotatable bonds is 9. The summed E-state index contributed by atoms with van der Waals surface area (Å²) in [6, 6.07) is 0. The molecule has 3 rings (SSSR count). The Labute approximate surface area is 190 Å². The molecule has 0 aliphatic heterocycles. The van der Waals surface area contributed by atoms with Crippen LogP contribution in [0.5, 0.6) is 0 Å². The molecular formula is C18H29N15. The Kier molecular flexibility index (Phi) is 7.10. The van der Waals surface area contributed by atoms with E-state index in [1.807, 2.05) is 13.8 Å². The van der Waals surface area contributed by atoms with E-state index in [1.165, 1.54) is 0 Å². The first-order chi connectivity index (χ1) is 15.7. The highest BCUT2D eigenvalue weighted by Gasteiger charge is 2.28. The molecule has 0 bridgehead atoms. The van der Waals surface area contributed by atoms with E-state index in [0.29, 0.717) is 43.2 Å². The van der Waals surface area contributed by atoms with Gasteiger partial charge < -0.3 is 34.4 Å². The van der Waals surface area contributed by atoms with E-state index < -0.39 is 0 Å². The molecular weight excluding hydrogens is 426 g/mol. The lowest BCUT2D eigenvalue weighted by Crippen LogP contribution is -2.19. The molecule has 0 aliphatic rings. The van der Waals surface area contributed by atoms with E-state index in [2.05, 4.69) is 44.9 Å². The van der Waals surface area contributed by atoms with Gasteiger partial charge in [0.05, 0.1) is 0 Å². The molecule has 0 fully saturated rings. The number of nitrogens with two attached hydrogens (primary N) is 6. The van der Waals surface area contributed by atoms with Crippen LogP contribution in [0.2, 0.25) is 0 Å². The number of aromatic nitrogens is 9. The van der Waals surface area contributed by atoms with E-state index in [9.17, 15) is 0 Å². The second-order valence-corrected chi connectivity index (χ2v) is 7.61. The molecule has 176 valence electrons. The average Bonchev–Trinajstić information content (AvgIpc) is 2.71. The number of nitrogen functional groups attached to an aromatic ring is 6. The van der Waals surface area contributed by atoms with Crippen LogP contribution in [0.15, 0.2) is 0 Å². The van der Waals surface area contributed by atoms with Gasteiger partial charge in [-0.25, -0.2) is 0 Å². The second-order valence-electron chi connectivity index (χ2n) is 7.61. The molecule has 3 aromatic rings.